The van der Waals surface area contributed by atoms with E-state index in [0.29, 0.717) is 11.5 Å². The standard InChI is InChI=1S/C19H19F4N7O2/c1-32-14-3-2-13(20)12(18(14)23)7-25-16-4-5-24-19(29-16)28-11-6-27-30(9-11)10-17(31)26-8-15(21)22/h2-6,9,15H,7-8,10H2,1H3,(H,26,31)(H2,24,25,28,29). The van der Waals surface area contributed by atoms with E-state index in [2.05, 4.69) is 31.0 Å². The highest BCUT2D eigenvalue weighted by Crippen LogP contribution is 2.24. The maximum absolute atomic E-state index is 14.3. The molecule has 3 rings (SSSR count). The number of benzene rings is 1. The predicted octanol–water partition coefficient (Wildman–Crippen LogP) is 2.70. The summed E-state index contributed by atoms with van der Waals surface area (Å²) in [6, 6.07) is 3.82. The summed E-state index contributed by atoms with van der Waals surface area (Å²) in [5, 5.41) is 11.7. The van der Waals surface area contributed by atoms with Gasteiger partial charge in [-0.25, -0.2) is 22.5 Å². The van der Waals surface area contributed by atoms with Gasteiger partial charge in [-0.05, 0) is 18.2 Å². The van der Waals surface area contributed by atoms with Gasteiger partial charge in [0.1, 0.15) is 18.2 Å². The molecule has 3 aromatic rings. The predicted molar refractivity (Wildman–Crippen MR) is 107 cm³/mol. The zero-order chi connectivity index (χ0) is 23.1. The molecule has 0 saturated heterocycles. The second-order valence-corrected chi connectivity index (χ2v) is 6.41. The first-order valence-corrected chi connectivity index (χ1v) is 9.28. The van der Waals surface area contributed by atoms with Crippen molar-refractivity contribution in [2.75, 3.05) is 24.3 Å². The molecule has 1 aromatic carbocycles. The molecule has 170 valence electrons. The Morgan fingerprint density at radius 3 is 2.81 bits per heavy atom. The zero-order valence-electron chi connectivity index (χ0n) is 16.8. The van der Waals surface area contributed by atoms with E-state index in [9.17, 15) is 22.4 Å². The highest BCUT2D eigenvalue weighted by molar-refractivity contribution is 5.75. The van der Waals surface area contributed by atoms with Gasteiger partial charge in [-0.1, -0.05) is 0 Å². The maximum Gasteiger partial charge on any atom is 0.255 e. The van der Waals surface area contributed by atoms with Gasteiger partial charge in [0.25, 0.3) is 6.43 Å². The Morgan fingerprint density at radius 1 is 1.25 bits per heavy atom. The van der Waals surface area contributed by atoms with Crippen molar-refractivity contribution in [1.29, 1.82) is 0 Å². The van der Waals surface area contributed by atoms with Crippen LogP contribution in [0.2, 0.25) is 0 Å². The normalized spacial score (nSPS) is 10.8. The summed E-state index contributed by atoms with van der Waals surface area (Å²) in [4.78, 5) is 19.8. The second-order valence-electron chi connectivity index (χ2n) is 6.41. The Labute approximate surface area is 179 Å². The molecule has 0 bridgehead atoms. The number of aromatic nitrogens is 4. The van der Waals surface area contributed by atoms with Crippen molar-refractivity contribution in [3.8, 4) is 5.75 Å². The highest BCUT2D eigenvalue weighted by Gasteiger charge is 2.14. The third-order valence-corrected chi connectivity index (χ3v) is 4.12. The number of halogens is 4. The van der Waals surface area contributed by atoms with Crippen LogP contribution in [0.15, 0.2) is 36.8 Å². The van der Waals surface area contributed by atoms with E-state index < -0.39 is 30.5 Å². The van der Waals surface area contributed by atoms with E-state index in [1.165, 1.54) is 42.5 Å². The summed E-state index contributed by atoms with van der Waals surface area (Å²) < 4.78 is 58.6. The molecule has 0 aliphatic carbocycles. The average molecular weight is 453 g/mol. The summed E-state index contributed by atoms with van der Waals surface area (Å²) in [5.74, 6) is -1.77. The third-order valence-electron chi connectivity index (χ3n) is 4.12. The minimum absolute atomic E-state index is 0.0758. The molecule has 32 heavy (non-hydrogen) atoms. The number of carbonyl (C=O) groups is 1. The summed E-state index contributed by atoms with van der Waals surface area (Å²) >= 11 is 0. The number of hydrogen-bond acceptors (Lipinski definition) is 7. The number of methoxy groups -OCH3 is 1. The van der Waals surface area contributed by atoms with Crippen LogP contribution in [0.25, 0.3) is 0 Å². The van der Waals surface area contributed by atoms with Gasteiger partial charge in [-0.15, -0.1) is 0 Å². The van der Waals surface area contributed by atoms with Crippen LogP contribution in [0.5, 0.6) is 5.75 Å². The molecular formula is C19H19F4N7O2. The largest absolute Gasteiger partial charge is 0.494 e. The number of nitrogens with zero attached hydrogens (tertiary/aromatic N) is 4. The van der Waals surface area contributed by atoms with Crippen LogP contribution >= 0.6 is 0 Å². The summed E-state index contributed by atoms with van der Waals surface area (Å²) in [6.07, 6.45) is 1.65. The first-order valence-electron chi connectivity index (χ1n) is 9.28. The van der Waals surface area contributed by atoms with Gasteiger partial charge in [-0.2, -0.15) is 10.1 Å². The van der Waals surface area contributed by atoms with E-state index in [1.807, 2.05) is 0 Å². The van der Waals surface area contributed by atoms with Crippen molar-refractivity contribution in [2.45, 2.75) is 19.5 Å². The SMILES string of the molecule is COc1ccc(F)c(CNc2ccnc(Nc3cnn(CC(=O)NCC(F)F)c3)n2)c1F. The maximum atomic E-state index is 14.3. The number of amides is 1. The van der Waals surface area contributed by atoms with Gasteiger partial charge in [0.15, 0.2) is 11.6 Å². The van der Waals surface area contributed by atoms with Crippen LogP contribution in [-0.2, 0) is 17.9 Å². The molecule has 2 aromatic heterocycles. The first kappa shape index (κ1) is 22.8. The van der Waals surface area contributed by atoms with Gasteiger partial charge >= 0.3 is 0 Å². The number of anilines is 3. The Bertz CT molecular complexity index is 1080. The molecule has 1 amide bonds. The van der Waals surface area contributed by atoms with Crippen LogP contribution in [-0.4, -0.2) is 45.7 Å². The molecule has 3 N–H and O–H groups in total. The molecule has 9 nitrogen and oxygen atoms in total. The lowest BCUT2D eigenvalue weighted by Gasteiger charge is -2.11. The highest BCUT2D eigenvalue weighted by atomic mass is 19.3. The van der Waals surface area contributed by atoms with Crippen molar-refractivity contribution in [2.24, 2.45) is 0 Å². The second kappa shape index (κ2) is 10.4. The zero-order valence-corrected chi connectivity index (χ0v) is 16.8. The minimum Gasteiger partial charge on any atom is -0.494 e. The molecule has 0 unspecified atom stereocenters. The fraction of sp³-hybridized carbons (Fsp3) is 0.263. The van der Waals surface area contributed by atoms with Gasteiger partial charge in [0, 0.05) is 24.5 Å². The summed E-state index contributed by atoms with van der Waals surface area (Å²) in [6.45, 7) is -1.16. The Balaban J connectivity index is 1.60. The van der Waals surface area contributed by atoms with Crippen molar-refractivity contribution in [1.82, 2.24) is 25.1 Å². The van der Waals surface area contributed by atoms with Crippen LogP contribution in [0.4, 0.5) is 35.0 Å². The lowest BCUT2D eigenvalue weighted by atomic mass is 10.2. The molecule has 0 saturated carbocycles. The fourth-order valence-corrected chi connectivity index (χ4v) is 2.63. The van der Waals surface area contributed by atoms with Crippen LogP contribution < -0.4 is 20.7 Å². The van der Waals surface area contributed by atoms with E-state index in [1.54, 1.807) is 0 Å². The number of nitrogens with one attached hydrogen (secondary N) is 3. The van der Waals surface area contributed by atoms with E-state index in [4.69, 9.17) is 4.74 Å². The summed E-state index contributed by atoms with van der Waals surface area (Å²) in [5.41, 5.74) is 0.234. The van der Waals surface area contributed by atoms with Gasteiger partial charge in [-0.3, -0.25) is 9.48 Å². The van der Waals surface area contributed by atoms with Crippen LogP contribution in [0, 0.1) is 11.6 Å². The van der Waals surface area contributed by atoms with Crippen LogP contribution in [0.3, 0.4) is 0 Å². The topological polar surface area (TPSA) is 106 Å². The van der Waals surface area contributed by atoms with Gasteiger partial charge < -0.3 is 20.7 Å². The molecule has 0 radical (unpaired) electrons. The number of hydrogen-bond donors (Lipinski definition) is 3. The average Bonchev–Trinajstić information content (AvgIpc) is 3.19. The van der Waals surface area contributed by atoms with E-state index >= 15 is 0 Å². The molecule has 2 heterocycles. The van der Waals surface area contributed by atoms with Crippen molar-refractivity contribution in [3.05, 3.63) is 54.0 Å². The Morgan fingerprint density at radius 2 is 2.06 bits per heavy atom. The number of carbonyl (C=O) groups excluding carboxylic acids is 1. The van der Waals surface area contributed by atoms with E-state index in [0.717, 1.165) is 6.07 Å². The van der Waals surface area contributed by atoms with Crippen molar-refractivity contribution < 1.29 is 27.1 Å². The number of rotatable bonds is 10. The van der Waals surface area contributed by atoms with Gasteiger partial charge in [0.2, 0.25) is 11.9 Å². The van der Waals surface area contributed by atoms with E-state index in [-0.39, 0.29) is 30.4 Å². The van der Waals surface area contributed by atoms with Crippen molar-refractivity contribution >= 4 is 23.4 Å². The quantitative estimate of drug-likeness (QED) is 0.406. The fourth-order valence-electron chi connectivity index (χ4n) is 2.63. The molecule has 0 spiro atoms. The smallest absolute Gasteiger partial charge is 0.255 e. The Hall–Kier alpha value is -3.90. The summed E-state index contributed by atoms with van der Waals surface area (Å²) in [7, 11) is 1.29. The van der Waals surface area contributed by atoms with Crippen molar-refractivity contribution in [3.63, 3.8) is 0 Å². The van der Waals surface area contributed by atoms with Gasteiger partial charge in [0.05, 0.1) is 25.5 Å². The monoisotopic (exact) mass is 453 g/mol. The molecule has 0 aliphatic heterocycles. The molecule has 0 fully saturated rings. The molecule has 13 heteroatoms. The number of alkyl halides is 2. The molecular weight excluding hydrogens is 434 g/mol. The first-order chi connectivity index (χ1) is 15.4. The Kier molecular flexibility index (Phi) is 7.41. The molecule has 0 atom stereocenters. The lowest BCUT2D eigenvalue weighted by molar-refractivity contribution is -0.122. The lowest BCUT2D eigenvalue weighted by Crippen LogP contribution is -2.31. The minimum atomic E-state index is -2.64. The van der Waals surface area contributed by atoms with Crippen LogP contribution in [0.1, 0.15) is 5.56 Å². The third kappa shape index (κ3) is 6.06. The number of ether oxygens (including phenoxy) is 1. The molecule has 0 aliphatic rings.